The Hall–Kier alpha value is -4.97. The number of ether oxygens (including phenoxy) is 3. The molecule has 76 heavy (non-hydrogen) atoms. The summed E-state index contributed by atoms with van der Waals surface area (Å²) in [6.45, 7) is 6.31. The quantitative estimate of drug-likeness (QED) is 0.0261. The fraction of sp³-hybridized carbons (Fsp3) is 0.586. The van der Waals surface area contributed by atoms with Crippen LogP contribution in [0, 0.1) is 0 Å². The lowest BCUT2D eigenvalue weighted by Crippen LogP contribution is -2.30. The molecule has 6 nitrogen and oxygen atoms in total. The first kappa shape index (κ1) is 71.0. The van der Waals surface area contributed by atoms with E-state index in [9.17, 15) is 14.4 Å². The first-order valence-corrected chi connectivity index (χ1v) is 30.5. The van der Waals surface area contributed by atoms with Gasteiger partial charge in [-0.05, 0) is 122 Å². The first-order valence-electron chi connectivity index (χ1n) is 30.5. The molecule has 0 amide bonds. The molecule has 0 saturated heterocycles. The van der Waals surface area contributed by atoms with Crippen molar-refractivity contribution in [3.8, 4) is 0 Å². The lowest BCUT2D eigenvalue weighted by atomic mass is 10.1. The van der Waals surface area contributed by atoms with Gasteiger partial charge in [-0.2, -0.15) is 0 Å². The zero-order valence-electron chi connectivity index (χ0n) is 48.7. The van der Waals surface area contributed by atoms with E-state index in [1.165, 1.54) is 64.2 Å². The van der Waals surface area contributed by atoms with Crippen LogP contribution in [-0.4, -0.2) is 37.2 Å². The maximum atomic E-state index is 12.8. The number of allylic oxidation sites excluding steroid dienone is 26. The van der Waals surface area contributed by atoms with Crippen LogP contribution in [0.4, 0.5) is 0 Å². The van der Waals surface area contributed by atoms with Gasteiger partial charge in [-0.15, -0.1) is 0 Å². The fourth-order valence-electron chi connectivity index (χ4n) is 7.79. The molecule has 6 heteroatoms. The molecule has 0 heterocycles. The molecule has 0 aromatic heterocycles. The Balaban J connectivity index is 4.26. The second-order valence-electron chi connectivity index (χ2n) is 19.5. The van der Waals surface area contributed by atoms with Gasteiger partial charge >= 0.3 is 17.9 Å². The molecule has 0 fully saturated rings. The second-order valence-corrected chi connectivity index (χ2v) is 19.5. The Bertz CT molecular complexity index is 1720. The Morgan fingerprint density at radius 1 is 0.276 bits per heavy atom. The van der Waals surface area contributed by atoms with E-state index in [-0.39, 0.29) is 37.5 Å². The fourth-order valence-corrected chi connectivity index (χ4v) is 7.79. The van der Waals surface area contributed by atoms with Crippen molar-refractivity contribution in [1.82, 2.24) is 0 Å². The molecule has 0 aromatic carbocycles. The van der Waals surface area contributed by atoms with Crippen LogP contribution in [-0.2, 0) is 28.6 Å². The highest BCUT2D eigenvalue weighted by molar-refractivity contribution is 5.71. The monoisotopic (exact) mass is 1050 g/mol. The summed E-state index contributed by atoms with van der Waals surface area (Å²) in [6, 6.07) is 0. The Kier molecular flexibility index (Phi) is 58.5. The Morgan fingerprint density at radius 2 is 0.526 bits per heavy atom. The van der Waals surface area contributed by atoms with Gasteiger partial charge in [0, 0.05) is 19.3 Å². The molecular weight excluding hydrogens is 937 g/mol. The smallest absolute Gasteiger partial charge is 0.306 e. The van der Waals surface area contributed by atoms with Crippen molar-refractivity contribution in [1.29, 1.82) is 0 Å². The van der Waals surface area contributed by atoms with Crippen molar-refractivity contribution in [2.24, 2.45) is 0 Å². The zero-order chi connectivity index (χ0) is 55.0. The average molecular weight is 1050 g/mol. The van der Waals surface area contributed by atoms with Crippen LogP contribution in [0.1, 0.15) is 245 Å². The van der Waals surface area contributed by atoms with Crippen LogP contribution in [0.5, 0.6) is 0 Å². The summed E-state index contributed by atoms with van der Waals surface area (Å²) in [5.74, 6) is -0.987. The first-order chi connectivity index (χ1) is 37.5. The van der Waals surface area contributed by atoms with E-state index in [0.29, 0.717) is 19.3 Å². The third-order valence-electron chi connectivity index (χ3n) is 12.3. The van der Waals surface area contributed by atoms with Crippen molar-refractivity contribution in [2.75, 3.05) is 13.2 Å². The molecule has 426 valence electrons. The van der Waals surface area contributed by atoms with Gasteiger partial charge in [-0.3, -0.25) is 14.4 Å². The minimum atomic E-state index is -0.815. The van der Waals surface area contributed by atoms with Gasteiger partial charge in [-0.1, -0.05) is 262 Å². The number of rotatable bonds is 53. The molecule has 0 bridgehead atoms. The predicted molar refractivity (Wildman–Crippen MR) is 329 cm³/mol. The Morgan fingerprint density at radius 3 is 0.842 bits per heavy atom. The van der Waals surface area contributed by atoms with Crippen molar-refractivity contribution >= 4 is 17.9 Å². The molecule has 0 aliphatic carbocycles. The maximum absolute atomic E-state index is 12.8. The summed E-state index contributed by atoms with van der Waals surface area (Å²) in [7, 11) is 0. The van der Waals surface area contributed by atoms with Crippen LogP contribution < -0.4 is 0 Å². The third-order valence-corrected chi connectivity index (χ3v) is 12.3. The summed E-state index contributed by atoms with van der Waals surface area (Å²) in [5.41, 5.74) is 0. The molecule has 1 unspecified atom stereocenters. The van der Waals surface area contributed by atoms with Crippen LogP contribution in [0.15, 0.2) is 158 Å². The van der Waals surface area contributed by atoms with Crippen molar-refractivity contribution in [3.05, 3.63) is 158 Å². The number of carbonyl (C=O) groups is 3. The molecule has 0 rings (SSSR count). The summed E-state index contributed by atoms with van der Waals surface area (Å²) >= 11 is 0. The average Bonchev–Trinajstić information content (AvgIpc) is 3.42. The molecule has 0 aliphatic heterocycles. The summed E-state index contributed by atoms with van der Waals surface area (Å²) < 4.78 is 16.7. The van der Waals surface area contributed by atoms with E-state index >= 15 is 0 Å². The molecule has 0 spiro atoms. The molecule has 0 N–H and O–H groups in total. The second kappa shape index (κ2) is 62.6. The summed E-state index contributed by atoms with van der Waals surface area (Å²) in [4.78, 5) is 38.0. The highest BCUT2D eigenvalue weighted by Gasteiger charge is 2.19. The number of hydrogen-bond acceptors (Lipinski definition) is 6. The largest absolute Gasteiger partial charge is 0.462 e. The van der Waals surface area contributed by atoms with Gasteiger partial charge in [0.2, 0.25) is 0 Å². The van der Waals surface area contributed by atoms with Crippen LogP contribution in [0.25, 0.3) is 0 Å². The van der Waals surface area contributed by atoms with Crippen LogP contribution in [0.3, 0.4) is 0 Å². The predicted octanol–water partition coefficient (Wildman–Crippen LogP) is 20.9. The van der Waals surface area contributed by atoms with Gasteiger partial charge < -0.3 is 14.2 Å². The van der Waals surface area contributed by atoms with E-state index in [1.807, 2.05) is 0 Å². The van der Waals surface area contributed by atoms with E-state index in [0.717, 1.165) is 135 Å². The maximum Gasteiger partial charge on any atom is 0.306 e. The topological polar surface area (TPSA) is 78.9 Å². The van der Waals surface area contributed by atoms with Crippen molar-refractivity contribution < 1.29 is 28.6 Å². The van der Waals surface area contributed by atoms with Crippen LogP contribution >= 0.6 is 0 Å². The lowest BCUT2D eigenvalue weighted by Gasteiger charge is -2.18. The zero-order valence-corrected chi connectivity index (χ0v) is 48.7. The SMILES string of the molecule is CC/C=C\C/C=C\C/C=C\C/C=C\C/C=C\C/C=C\C/C=C\C/C=C\CCCCCCCCCCC(=O)OCC(COC(=O)CCCCCCCCCC)OC(=O)CCC/C=C\C/C=C\C/C=C\C/C=C\C/C=C\CC. The van der Waals surface area contributed by atoms with E-state index in [2.05, 4.69) is 179 Å². The molecule has 1 atom stereocenters. The van der Waals surface area contributed by atoms with Crippen molar-refractivity contribution in [3.63, 3.8) is 0 Å². The molecular formula is C70H110O6. The standard InChI is InChI=1S/C70H110O6/c1-4-7-10-13-16-19-21-23-25-27-28-29-30-31-32-33-34-35-36-37-38-39-40-41-42-44-45-47-49-51-54-57-60-63-69(72)75-66-67(65-74-68(71)62-59-56-53-18-15-12-9-6-3)76-70(73)64-61-58-55-52-50-48-46-43-26-24-22-20-17-14-11-8-5-2/h7-8,10-11,16-17,19-20,23-26,28-29,31-32,34-35,37-38,40-41,46,48,52,55,67H,4-6,9,12-15,18,21-22,27,30,33,36,39,42-45,47,49-51,53-54,56-66H2,1-3H3/b10-7-,11-8-,19-16-,20-17-,25-23-,26-24-,29-28-,32-31-,35-34-,38-37-,41-40-,48-46-,55-52-. The molecule has 0 saturated carbocycles. The number of unbranched alkanes of at least 4 members (excludes halogenated alkanes) is 16. The number of esters is 3. The van der Waals surface area contributed by atoms with Gasteiger partial charge in [0.15, 0.2) is 6.10 Å². The molecule has 0 aromatic rings. The minimum Gasteiger partial charge on any atom is -0.462 e. The lowest BCUT2D eigenvalue weighted by molar-refractivity contribution is -0.167. The summed E-state index contributed by atoms with van der Waals surface area (Å²) in [5, 5.41) is 0. The van der Waals surface area contributed by atoms with Gasteiger partial charge in [-0.25, -0.2) is 0 Å². The van der Waals surface area contributed by atoms with E-state index in [1.54, 1.807) is 0 Å². The normalized spacial score (nSPS) is 13.2. The Labute approximate surface area is 467 Å². The van der Waals surface area contributed by atoms with Gasteiger partial charge in [0.25, 0.3) is 0 Å². The third kappa shape index (κ3) is 59.9. The molecule has 0 aliphatic rings. The van der Waals surface area contributed by atoms with Gasteiger partial charge in [0.1, 0.15) is 13.2 Å². The highest BCUT2D eigenvalue weighted by Crippen LogP contribution is 2.14. The van der Waals surface area contributed by atoms with Crippen molar-refractivity contribution in [2.45, 2.75) is 252 Å². The minimum absolute atomic E-state index is 0.108. The van der Waals surface area contributed by atoms with Crippen LogP contribution in [0.2, 0.25) is 0 Å². The van der Waals surface area contributed by atoms with E-state index in [4.69, 9.17) is 14.2 Å². The molecule has 0 radical (unpaired) electrons. The van der Waals surface area contributed by atoms with Gasteiger partial charge in [0.05, 0.1) is 0 Å². The summed E-state index contributed by atoms with van der Waals surface area (Å²) in [6.07, 6.45) is 91.2. The van der Waals surface area contributed by atoms with E-state index < -0.39 is 6.10 Å². The number of carbonyl (C=O) groups excluding carboxylic acids is 3. The number of hydrogen-bond donors (Lipinski definition) is 0. The highest BCUT2D eigenvalue weighted by atomic mass is 16.6.